The fraction of sp³-hybridized carbons (Fsp3) is 0.438. The van der Waals surface area contributed by atoms with E-state index >= 15 is 0 Å². The lowest BCUT2D eigenvalue weighted by atomic mass is 10.1. The van der Waals surface area contributed by atoms with Crippen LogP contribution < -0.4 is 5.32 Å². The molecule has 1 aromatic carbocycles. The zero-order valence-corrected chi connectivity index (χ0v) is 12.6. The molecule has 0 aromatic heterocycles. The van der Waals surface area contributed by atoms with Gasteiger partial charge in [-0.05, 0) is 31.9 Å². The van der Waals surface area contributed by atoms with E-state index < -0.39 is 0 Å². The Morgan fingerprint density at radius 3 is 2.45 bits per heavy atom. The number of amides is 1. The molecule has 0 spiro atoms. The number of benzene rings is 1. The summed E-state index contributed by atoms with van der Waals surface area (Å²) in [6, 6.07) is 4.11. The van der Waals surface area contributed by atoms with E-state index in [1.807, 2.05) is 25.7 Å². The third-order valence-corrected chi connectivity index (χ3v) is 3.11. The predicted molar refractivity (Wildman–Crippen MR) is 83.0 cm³/mol. The monoisotopic (exact) mass is 276 g/mol. The van der Waals surface area contributed by atoms with Gasteiger partial charge in [0.2, 0.25) is 5.91 Å². The Morgan fingerprint density at radius 1 is 1.35 bits per heavy atom. The normalized spacial score (nSPS) is 10.7. The Bertz CT molecular complexity index is 460. The summed E-state index contributed by atoms with van der Waals surface area (Å²) in [7, 11) is 0. The van der Waals surface area contributed by atoms with Gasteiger partial charge in [-0.25, -0.2) is 0 Å². The number of rotatable bonds is 7. The molecule has 0 aliphatic carbocycles. The second-order valence-corrected chi connectivity index (χ2v) is 5.07. The molecule has 0 atom stereocenters. The number of hydrogen-bond acceptors (Lipinski definition) is 3. The van der Waals surface area contributed by atoms with E-state index in [9.17, 15) is 4.79 Å². The molecule has 1 rings (SSSR count). The lowest BCUT2D eigenvalue weighted by Gasteiger charge is -2.20. The largest absolute Gasteiger partial charge is 0.395 e. The Hall–Kier alpha value is -1.65. The summed E-state index contributed by atoms with van der Waals surface area (Å²) in [5, 5.41) is 11.9. The van der Waals surface area contributed by atoms with Crippen molar-refractivity contribution in [1.29, 1.82) is 0 Å². The van der Waals surface area contributed by atoms with Crippen LogP contribution in [0.5, 0.6) is 0 Å². The number of carbonyl (C=O) groups excluding carboxylic acids is 1. The van der Waals surface area contributed by atoms with Gasteiger partial charge >= 0.3 is 0 Å². The summed E-state index contributed by atoms with van der Waals surface area (Å²) in [5.41, 5.74) is 4.19. The van der Waals surface area contributed by atoms with Crippen LogP contribution in [-0.2, 0) is 4.79 Å². The average Bonchev–Trinajstić information content (AvgIpc) is 2.34. The van der Waals surface area contributed by atoms with E-state index in [0.717, 1.165) is 16.8 Å². The number of aliphatic hydroxyl groups excluding tert-OH is 1. The molecule has 0 fully saturated rings. The SMILES string of the molecule is C=CCN(CCO)CC(=O)Nc1c(C)cc(C)cc1C. The van der Waals surface area contributed by atoms with E-state index in [1.165, 1.54) is 5.56 Å². The van der Waals surface area contributed by atoms with E-state index in [4.69, 9.17) is 5.11 Å². The maximum Gasteiger partial charge on any atom is 0.238 e. The Kier molecular flexibility index (Phi) is 6.42. The number of carbonyl (C=O) groups is 1. The van der Waals surface area contributed by atoms with Crippen LogP contribution in [0, 0.1) is 20.8 Å². The topological polar surface area (TPSA) is 52.6 Å². The van der Waals surface area contributed by atoms with E-state index in [-0.39, 0.29) is 19.1 Å². The molecule has 4 heteroatoms. The Balaban J connectivity index is 2.73. The van der Waals surface area contributed by atoms with Gasteiger partial charge in [-0.2, -0.15) is 0 Å². The Labute approximate surface area is 121 Å². The van der Waals surface area contributed by atoms with E-state index in [2.05, 4.69) is 24.0 Å². The predicted octanol–water partition coefficient (Wildman–Crippen LogP) is 2.03. The minimum absolute atomic E-state index is 0.0315. The number of aryl methyl sites for hydroxylation is 3. The van der Waals surface area contributed by atoms with Gasteiger partial charge in [0.25, 0.3) is 0 Å². The number of hydrogen-bond donors (Lipinski definition) is 2. The van der Waals surface area contributed by atoms with Crippen LogP contribution in [0.3, 0.4) is 0 Å². The minimum Gasteiger partial charge on any atom is -0.395 e. The maximum atomic E-state index is 12.1. The first-order valence-electron chi connectivity index (χ1n) is 6.79. The van der Waals surface area contributed by atoms with Crippen molar-refractivity contribution in [2.75, 3.05) is 31.6 Å². The van der Waals surface area contributed by atoms with Crippen molar-refractivity contribution in [2.24, 2.45) is 0 Å². The molecule has 1 aromatic rings. The average molecular weight is 276 g/mol. The van der Waals surface area contributed by atoms with Crippen LogP contribution in [0.2, 0.25) is 0 Å². The van der Waals surface area contributed by atoms with Gasteiger partial charge in [0.1, 0.15) is 0 Å². The molecule has 4 nitrogen and oxygen atoms in total. The summed E-state index contributed by atoms with van der Waals surface area (Å²) in [6.45, 7) is 11.0. The van der Waals surface area contributed by atoms with Crippen molar-refractivity contribution < 1.29 is 9.90 Å². The molecule has 0 unspecified atom stereocenters. The van der Waals surface area contributed by atoms with Gasteiger partial charge in [0.05, 0.1) is 13.2 Å². The van der Waals surface area contributed by atoms with Crippen molar-refractivity contribution in [1.82, 2.24) is 4.90 Å². The highest BCUT2D eigenvalue weighted by Crippen LogP contribution is 2.21. The molecular weight excluding hydrogens is 252 g/mol. The first-order chi connectivity index (χ1) is 9.47. The van der Waals surface area contributed by atoms with Gasteiger partial charge in [-0.3, -0.25) is 9.69 Å². The highest BCUT2D eigenvalue weighted by molar-refractivity contribution is 5.93. The molecule has 20 heavy (non-hydrogen) atoms. The fourth-order valence-corrected chi connectivity index (χ4v) is 2.32. The highest BCUT2D eigenvalue weighted by Gasteiger charge is 2.12. The lowest BCUT2D eigenvalue weighted by molar-refractivity contribution is -0.117. The van der Waals surface area contributed by atoms with Crippen molar-refractivity contribution in [3.05, 3.63) is 41.5 Å². The Morgan fingerprint density at radius 2 is 1.95 bits per heavy atom. The van der Waals surface area contributed by atoms with Crippen molar-refractivity contribution in [2.45, 2.75) is 20.8 Å². The summed E-state index contributed by atoms with van der Waals surface area (Å²) < 4.78 is 0. The second kappa shape index (κ2) is 7.82. The highest BCUT2D eigenvalue weighted by atomic mass is 16.3. The summed E-state index contributed by atoms with van der Waals surface area (Å²) in [4.78, 5) is 13.9. The van der Waals surface area contributed by atoms with Gasteiger partial charge in [0, 0.05) is 18.8 Å². The lowest BCUT2D eigenvalue weighted by Crippen LogP contribution is -2.35. The number of anilines is 1. The van der Waals surface area contributed by atoms with Crippen LogP contribution >= 0.6 is 0 Å². The maximum absolute atomic E-state index is 12.1. The van der Waals surface area contributed by atoms with E-state index in [1.54, 1.807) is 6.08 Å². The van der Waals surface area contributed by atoms with Crippen LogP contribution in [0.1, 0.15) is 16.7 Å². The summed E-state index contributed by atoms with van der Waals surface area (Å²) >= 11 is 0. The van der Waals surface area contributed by atoms with E-state index in [0.29, 0.717) is 13.1 Å². The number of aliphatic hydroxyl groups is 1. The molecule has 0 radical (unpaired) electrons. The molecule has 1 amide bonds. The molecule has 110 valence electrons. The molecule has 0 bridgehead atoms. The third kappa shape index (κ3) is 4.79. The molecule has 0 aliphatic heterocycles. The van der Waals surface area contributed by atoms with Gasteiger partial charge in [0.15, 0.2) is 0 Å². The first kappa shape index (κ1) is 16.4. The standard InChI is InChI=1S/C16H24N2O2/c1-5-6-18(7-8-19)11-15(20)17-16-13(3)9-12(2)10-14(16)4/h5,9-10,19H,1,6-8,11H2,2-4H3,(H,17,20). The van der Waals surface area contributed by atoms with Crippen LogP contribution in [0.15, 0.2) is 24.8 Å². The van der Waals surface area contributed by atoms with Crippen LogP contribution in [0.25, 0.3) is 0 Å². The van der Waals surface area contributed by atoms with Crippen molar-refractivity contribution >= 4 is 11.6 Å². The molecular formula is C16H24N2O2. The van der Waals surface area contributed by atoms with Gasteiger partial charge < -0.3 is 10.4 Å². The van der Waals surface area contributed by atoms with Gasteiger partial charge in [-0.15, -0.1) is 6.58 Å². The van der Waals surface area contributed by atoms with Crippen LogP contribution in [0.4, 0.5) is 5.69 Å². The first-order valence-corrected chi connectivity index (χ1v) is 6.79. The second-order valence-electron chi connectivity index (χ2n) is 5.07. The third-order valence-electron chi connectivity index (χ3n) is 3.11. The fourth-order valence-electron chi connectivity index (χ4n) is 2.32. The zero-order valence-electron chi connectivity index (χ0n) is 12.6. The summed E-state index contributed by atoms with van der Waals surface area (Å²) in [5.74, 6) is -0.0737. The van der Waals surface area contributed by atoms with Gasteiger partial charge in [-0.1, -0.05) is 23.8 Å². The molecule has 0 aliphatic rings. The minimum atomic E-state index is -0.0737. The number of nitrogens with zero attached hydrogens (tertiary/aromatic N) is 1. The zero-order chi connectivity index (χ0) is 15.1. The molecule has 0 saturated carbocycles. The molecule has 2 N–H and O–H groups in total. The van der Waals surface area contributed by atoms with Crippen molar-refractivity contribution in [3.8, 4) is 0 Å². The van der Waals surface area contributed by atoms with Crippen molar-refractivity contribution in [3.63, 3.8) is 0 Å². The smallest absolute Gasteiger partial charge is 0.238 e. The molecule has 0 saturated heterocycles. The molecule has 0 heterocycles. The van der Waals surface area contributed by atoms with Crippen LogP contribution in [-0.4, -0.2) is 42.2 Å². The number of nitrogens with one attached hydrogen (secondary N) is 1. The summed E-state index contributed by atoms with van der Waals surface area (Å²) in [6.07, 6.45) is 1.73. The quantitative estimate of drug-likeness (QED) is 0.749.